The van der Waals surface area contributed by atoms with Crippen LogP contribution in [0, 0.1) is 0 Å². The minimum atomic E-state index is -4.54. The second kappa shape index (κ2) is 6.13. The Bertz CT molecular complexity index is 655. The van der Waals surface area contributed by atoms with Crippen molar-refractivity contribution < 1.29 is 26.3 Å². The zero-order chi connectivity index (χ0) is 17.3. The van der Waals surface area contributed by atoms with Gasteiger partial charge in [0.2, 0.25) is 0 Å². The van der Waals surface area contributed by atoms with Gasteiger partial charge in [-0.15, -0.1) is 0 Å². The molecule has 23 heavy (non-hydrogen) atoms. The molecule has 3 nitrogen and oxygen atoms in total. The molecule has 2 rings (SSSR count). The minimum absolute atomic E-state index is 0.0162. The Morgan fingerprint density at radius 3 is 2.09 bits per heavy atom. The van der Waals surface area contributed by atoms with Crippen molar-refractivity contribution in [3.05, 3.63) is 47.3 Å². The second-order valence-corrected chi connectivity index (χ2v) is 4.76. The highest BCUT2D eigenvalue weighted by Crippen LogP contribution is 2.30. The van der Waals surface area contributed by atoms with Crippen molar-refractivity contribution in [3.63, 3.8) is 0 Å². The fourth-order valence-corrected chi connectivity index (χ4v) is 1.98. The lowest BCUT2D eigenvalue weighted by molar-refractivity contribution is -0.141. The van der Waals surface area contributed by atoms with Crippen LogP contribution in [0.1, 0.15) is 23.9 Å². The lowest BCUT2D eigenvalue weighted by Crippen LogP contribution is -2.09. The molecule has 126 valence electrons. The van der Waals surface area contributed by atoms with Gasteiger partial charge in [-0.1, -0.05) is 0 Å². The minimum Gasteiger partial charge on any atom is -0.379 e. The third-order valence-electron chi connectivity index (χ3n) is 3.14. The highest BCUT2D eigenvalue weighted by molar-refractivity contribution is 5.45. The third kappa shape index (κ3) is 4.17. The molecule has 0 unspecified atom stereocenters. The predicted octanol–water partition coefficient (Wildman–Crippen LogP) is 4.55. The predicted molar refractivity (Wildman–Crippen MR) is 71.7 cm³/mol. The molecule has 0 aliphatic heterocycles. The maximum absolute atomic E-state index is 12.6. The number of anilines is 1. The SMILES string of the molecule is CCn1nc(C(F)(F)F)cc1CNc1ccc(C(F)(F)F)cc1. The summed E-state index contributed by atoms with van der Waals surface area (Å²) in [4.78, 5) is 0. The number of halogens is 6. The summed E-state index contributed by atoms with van der Waals surface area (Å²) >= 11 is 0. The van der Waals surface area contributed by atoms with E-state index in [-0.39, 0.29) is 13.1 Å². The maximum atomic E-state index is 12.6. The zero-order valence-electron chi connectivity index (χ0n) is 12.0. The molecule has 1 aromatic carbocycles. The molecular formula is C14H13F6N3. The van der Waals surface area contributed by atoms with Gasteiger partial charge in [0.1, 0.15) is 0 Å². The van der Waals surface area contributed by atoms with Crippen LogP contribution in [0.5, 0.6) is 0 Å². The Morgan fingerprint density at radius 2 is 1.61 bits per heavy atom. The van der Waals surface area contributed by atoms with Gasteiger partial charge in [-0.25, -0.2) is 0 Å². The lowest BCUT2D eigenvalue weighted by atomic mass is 10.2. The highest BCUT2D eigenvalue weighted by atomic mass is 19.4. The van der Waals surface area contributed by atoms with Crippen LogP contribution in [0.2, 0.25) is 0 Å². The van der Waals surface area contributed by atoms with Crippen LogP contribution in [0.4, 0.5) is 32.0 Å². The Morgan fingerprint density at radius 1 is 1.00 bits per heavy atom. The molecule has 9 heteroatoms. The molecule has 0 fully saturated rings. The largest absolute Gasteiger partial charge is 0.435 e. The Balaban J connectivity index is 2.10. The topological polar surface area (TPSA) is 29.9 Å². The summed E-state index contributed by atoms with van der Waals surface area (Å²) in [5, 5.41) is 6.25. The van der Waals surface area contributed by atoms with Gasteiger partial charge in [-0.05, 0) is 37.3 Å². The summed E-state index contributed by atoms with van der Waals surface area (Å²) in [7, 11) is 0. The van der Waals surface area contributed by atoms with Crippen LogP contribution in [0.25, 0.3) is 0 Å². The van der Waals surface area contributed by atoms with Crippen molar-refractivity contribution in [2.75, 3.05) is 5.32 Å². The first kappa shape index (κ1) is 17.2. The van der Waals surface area contributed by atoms with Crippen molar-refractivity contribution in [3.8, 4) is 0 Å². The molecule has 0 aliphatic rings. The fraction of sp³-hybridized carbons (Fsp3) is 0.357. The summed E-state index contributed by atoms with van der Waals surface area (Å²) in [5.41, 5.74) is -1.13. The average molecular weight is 337 g/mol. The summed E-state index contributed by atoms with van der Waals surface area (Å²) in [5.74, 6) is 0. The molecule has 0 bridgehead atoms. The van der Waals surface area contributed by atoms with E-state index < -0.39 is 23.6 Å². The molecule has 0 spiro atoms. The van der Waals surface area contributed by atoms with Crippen molar-refractivity contribution in [1.82, 2.24) is 9.78 Å². The van der Waals surface area contributed by atoms with Gasteiger partial charge in [-0.2, -0.15) is 31.4 Å². The van der Waals surface area contributed by atoms with Crippen molar-refractivity contribution >= 4 is 5.69 Å². The molecule has 0 atom stereocenters. The summed E-state index contributed by atoms with van der Waals surface area (Å²) in [6, 6.07) is 5.17. The fourth-order valence-electron chi connectivity index (χ4n) is 1.98. The van der Waals surface area contributed by atoms with Crippen molar-refractivity contribution in [2.24, 2.45) is 0 Å². The van der Waals surface area contributed by atoms with Crippen LogP contribution in [-0.4, -0.2) is 9.78 Å². The number of alkyl halides is 6. The standard InChI is InChI=1S/C14H13F6N3/c1-2-23-11(7-12(22-23)14(18,19)20)8-21-10-5-3-9(4-6-10)13(15,16)17/h3-7,21H,2,8H2,1H3. The van der Waals surface area contributed by atoms with E-state index in [1.54, 1.807) is 6.92 Å². The van der Waals surface area contributed by atoms with E-state index in [1.165, 1.54) is 16.8 Å². The van der Waals surface area contributed by atoms with E-state index in [9.17, 15) is 26.3 Å². The Labute approximate surface area is 127 Å². The first-order valence-electron chi connectivity index (χ1n) is 6.66. The van der Waals surface area contributed by atoms with Gasteiger partial charge in [0, 0.05) is 12.2 Å². The number of nitrogens with one attached hydrogen (secondary N) is 1. The van der Waals surface area contributed by atoms with Crippen molar-refractivity contribution in [1.29, 1.82) is 0 Å². The van der Waals surface area contributed by atoms with E-state index in [1.807, 2.05) is 0 Å². The van der Waals surface area contributed by atoms with Crippen LogP contribution >= 0.6 is 0 Å². The number of hydrogen-bond acceptors (Lipinski definition) is 2. The molecule has 1 aromatic heterocycles. The van der Waals surface area contributed by atoms with Gasteiger partial charge in [0.25, 0.3) is 0 Å². The second-order valence-electron chi connectivity index (χ2n) is 4.76. The van der Waals surface area contributed by atoms with Crippen LogP contribution in [-0.2, 0) is 25.4 Å². The quantitative estimate of drug-likeness (QED) is 0.830. The van der Waals surface area contributed by atoms with Gasteiger partial charge in [0.05, 0.1) is 17.8 Å². The van der Waals surface area contributed by atoms with E-state index in [2.05, 4.69) is 10.4 Å². The van der Waals surface area contributed by atoms with Crippen LogP contribution in [0.15, 0.2) is 30.3 Å². The van der Waals surface area contributed by atoms with Crippen molar-refractivity contribution in [2.45, 2.75) is 32.4 Å². The Kier molecular flexibility index (Phi) is 4.58. The first-order valence-corrected chi connectivity index (χ1v) is 6.66. The molecule has 1 N–H and O–H groups in total. The number of aryl methyl sites for hydroxylation is 1. The number of benzene rings is 1. The van der Waals surface area contributed by atoms with Gasteiger partial charge in [0.15, 0.2) is 5.69 Å². The van der Waals surface area contributed by atoms with Crippen LogP contribution < -0.4 is 5.32 Å². The summed E-state index contributed by atoms with van der Waals surface area (Å²) in [6.45, 7) is 1.91. The number of rotatable bonds is 4. The normalized spacial score (nSPS) is 12.5. The first-order chi connectivity index (χ1) is 10.6. The number of aromatic nitrogens is 2. The Hall–Kier alpha value is -2.19. The lowest BCUT2D eigenvalue weighted by Gasteiger charge is -2.10. The third-order valence-corrected chi connectivity index (χ3v) is 3.14. The smallest absolute Gasteiger partial charge is 0.379 e. The van der Waals surface area contributed by atoms with Gasteiger partial charge in [-0.3, -0.25) is 4.68 Å². The van der Waals surface area contributed by atoms with Crippen LogP contribution in [0.3, 0.4) is 0 Å². The van der Waals surface area contributed by atoms with E-state index >= 15 is 0 Å². The molecule has 0 amide bonds. The van der Waals surface area contributed by atoms with E-state index in [0.29, 0.717) is 11.4 Å². The number of nitrogens with zero attached hydrogens (tertiary/aromatic N) is 2. The summed E-state index contributed by atoms with van der Waals surface area (Å²) in [6.07, 6.45) is -8.97. The molecule has 0 aliphatic carbocycles. The van der Waals surface area contributed by atoms with E-state index in [4.69, 9.17) is 0 Å². The molecule has 2 aromatic rings. The average Bonchev–Trinajstić information content (AvgIpc) is 2.88. The number of hydrogen-bond donors (Lipinski definition) is 1. The zero-order valence-corrected chi connectivity index (χ0v) is 12.0. The molecule has 1 heterocycles. The summed E-state index contributed by atoms with van der Waals surface area (Å²) < 4.78 is 76.4. The van der Waals surface area contributed by atoms with E-state index in [0.717, 1.165) is 18.2 Å². The highest BCUT2D eigenvalue weighted by Gasteiger charge is 2.34. The molecular weight excluding hydrogens is 324 g/mol. The molecule has 0 saturated heterocycles. The van der Waals surface area contributed by atoms with Gasteiger partial charge >= 0.3 is 12.4 Å². The monoisotopic (exact) mass is 337 g/mol. The maximum Gasteiger partial charge on any atom is 0.435 e. The molecule has 0 saturated carbocycles. The molecule has 0 radical (unpaired) electrons. The van der Waals surface area contributed by atoms with Gasteiger partial charge < -0.3 is 5.32 Å².